The molecule has 2 N–H and O–H groups in total. The lowest BCUT2D eigenvalue weighted by Gasteiger charge is -2.26. The van der Waals surface area contributed by atoms with Crippen LogP contribution in [0.4, 0.5) is 0 Å². The summed E-state index contributed by atoms with van der Waals surface area (Å²) in [4.78, 5) is 0. The molecule has 12 heteroatoms. The van der Waals surface area contributed by atoms with Crippen LogP contribution in [0.25, 0.3) is 0 Å². The maximum absolute atomic E-state index is 9.83. The third kappa shape index (κ3) is 7.45. The zero-order valence-electron chi connectivity index (χ0n) is 25.0. The molecule has 0 spiro atoms. The van der Waals surface area contributed by atoms with Crippen molar-refractivity contribution in [1.29, 1.82) is 10.5 Å². The minimum atomic E-state index is -1.29. The number of ether oxygens (including phenoxy) is 8. The molecule has 0 aromatic heterocycles. The molecule has 4 saturated heterocycles. The van der Waals surface area contributed by atoms with E-state index in [1.54, 1.807) is 39.8 Å². The van der Waals surface area contributed by atoms with Gasteiger partial charge >= 0.3 is 0 Å². The number of fused-ring (bicyclic) bond motifs is 2. The molecule has 4 aliphatic heterocycles. The predicted molar refractivity (Wildman–Crippen MR) is 151 cm³/mol. The molecule has 2 unspecified atom stereocenters. The quantitative estimate of drug-likeness (QED) is 0.421. The Labute approximate surface area is 256 Å². The first-order chi connectivity index (χ1) is 21.0. The van der Waals surface area contributed by atoms with Gasteiger partial charge in [-0.3, -0.25) is 0 Å². The van der Waals surface area contributed by atoms with Crippen molar-refractivity contribution in [2.75, 3.05) is 0 Å². The van der Waals surface area contributed by atoms with Crippen LogP contribution >= 0.6 is 0 Å². The Hall–Kier alpha value is -2.98. The maximum Gasteiger partial charge on any atom is 0.190 e. The van der Waals surface area contributed by atoms with E-state index in [0.29, 0.717) is 13.2 Å². The molecule has 0 saturated carbocycles. The lowest BCUT2D eigenvalue weighted by molar-refractivity contribution is -0.227. The Morgan fingerprint density at radius 3 is 1.36 bits per heavy atom. The first kappa shape index (κ1) is 32.4. The largest absolute Gasteiger partial charge is 0.375 e. The standard InChI is InChI=1S/2C16H19NO5/c2*1-16(2)21-14-13(19-9-10-6-4-3-5-7-10)12(11(18)8-17)20-15(14)22-16/h2*3-7,11-15,18H,9H2,1-2H3/t11-,12+,13?,14-,15+;11-,12-,13?,14+,15-/m01/s1. The molecular formula is C32H38N2O10. The highest BCUT2D eigenvalue weighted by Gasteiger charge is 2.58. The summed E-state index contributed by atoms with van der Waals surface area (Å²) in [5, 5.41) is 37.6. The molecule has 4 fully saturated rings. The molecule has 0 radical (unpaired) electrons. The van der Waals surface area contributed by atoms with Gasteiger partial charge in [-0.1, -0.05) is 60.7 Å². The van der Waals surface area contributed by atoms with Gasteiger partial charge in [0.1, 0.15) is 36.6 Å². The third-order valence-electron chi connectivity index (χ3n) is 7.51. The van der Waals surface area contributed by atoms with E-state index in [9.17, 15) is 10.2 Å². The summed E-state index contributed by atoms with van der Waals surface area (Å²) in [7, 11) is 0. The van der Waals surface area contributed by atoms with Gasteiger partial charge in [-0.25, -0.2) is 0 Å². The van der Waals surface area contributed by atoms with E-state index in [0.717, 1.165) is 11.1 Å². The Balaban J connectivity index is 0.000000175. The number of benzene rings is 2. The maximum atomic E-state index is 9.83. The minimum Gasteiger partial charge on any atom is -0.375 e. The van der Waals surface area contributed by atoms with Crippen molar-refractivity contribution in [3.63, 3.8) is 0 Å². The fourth-order valence-corrected chi connectivity index (χ4v) is 5.58. The van der Waals surface area contributed by atoms with E-state index in [4.69, 9.17) is 48.4 Å². The lowest BCUT2D eigenvalue weighted by atomic mass is 10.1. The fraction of sp³-hybridized carbons (Fsp3) is 0.562. The molecule has 12 nitrogen and oxygen atoms in total. The number of hydrogen-bond donors (Lipinski definition) is 2. The van der Waals surface area contributed by atoms with E-state index in [1.807, 2.05) is 60.7 Å². The van der Waals surface area contributed by atoms with Gasteiger partial charge in [-0.05, 0) is 38.8 Å². The molecule has 0 aliphatic carbocycles. The summed E-state index contributed by atoms with van der Waals surface area (Å²) in [6, 6.07) is 22.9. The third-order valence-corrected chi connectivity index (χ3v) is 7.51. The Morgan fingerprint density at radius 1 is 0.659 bits per heavy atom. The SMILES string of the molecule is CC1(C)O[C@H]2O[C@H]([C@@H](O)C#N)C(OCc3ccccc3)[C@@H]2O1.CC1(C)O[C@H]2O[C@H]([C@H](O)C#N)C(OCc3ccccc3)[C@@H]2O1. The van der Waals surface area contributed by atoms with Crippen molar-refractivity contribution in [3.05, 3.63) is 71.8 Å². The van der Waals surface area contributed by atoms with Crippen LogP contribution in [-0.4, -0.2) is 83.2 Å². The average molecular weight is 611 g/mol. The van der Waals surface area contributed by atoms with Crippen LogP contribution in [0.5, 0.6) is 0 Å². The Bertz CT molecular complexity index is 1210. The molecule has 2 aromatic rings. The zero-order valence-corrected chi connectivity index (χ0v) is 25.0. The van der Waals surface area contributed by atoms with Gasteiger partial charge in [0.05, 0.1) is 25.4 Å². The van der Waals surface area contributed by atoms with Crippen LogP contribution in [-0.2, 0) is 51.1 Å². The molecule has 6 rings (SSSR count). The zero-order chi connectivity index (χ0) is 31.5. The Morgan fingerprint density at radius 2 is 1.02 bits per heavy atom. The highest BCUT2D eigenvalue weighted by Crippen LogP contribution is 2.41. The van der Waals surface area contributed by atoms with Crippen LogP contribution in [0.15, 0.2) is 60.7 Å². The summed E-state index contributed by atoms with van der Waals surface area (Å²) in [5.41, 5.74) is 1.99. The average Bonchev–Trinajstić information content (AvgIpc) is 3.70. The normalized spacial score (nSPS) is 34.1. The first-order valence-corrected chi connectivity index (χ1v) is 14.5. The first-order valence-electron chi connectivity index (χ1n) is 14.5. The molecule has 4 aliphatic rings. The van der Waals surface area contributed by atoms with Crippen LogP contribution in [0, 0.1) is 22.7 Å². The van der Waals surface area contributed by atoms with Crippen molar-refractivity contribution in [1.82, 2.24) is 0 Å². The second-order valence-corrected chi connectivity index (χ2v) is 11.8. The molecule has 2 aromatic carbocycles. The monoisotopic (exact) mass is 610 g/mol. The van der Waals surface area contributed by atoms with Crippen molar-refractivity contribution < 1.29 is 48.1 Å². The molecule has 10 atom stereocenters. The van der Waals surface area contributed by atoms with E-state index >= 15 is 0 Å². The van der Waals surface area contributed by atoms with E-state index < -0.39 is 73.0 Å². The summed E-state index contributed by atoms with van der Waals surface area (Å²) in [5.74, 6) is -1.54. The topological polar surface area (TPSA) is 162 Å². The van der Waals surface area contributed by atoms with E-state index in [2.05, 4.69) is 0 Å². The number of rotatable bonds is 8. The number of aliphatic hydroxyl groups excluding tert-OH is 2. The summed E-state index contributed by atoms with van der Waals surface area (Å²) >= 11 is 0. The van der Waals surface area contributed by atoms with Crippen LogP contribution in [0.2, 0.25) is 0 Å². The molecule has 0 amide bonds. The molecule has 0 bridgehead atoms. The second kappa shape index (κ2) is 13.6. The van der Waals surface area contributed by atoms with Crippen molar-refractivity contribution in [3.8, 4) is 12.1 Å². The predicted octanol–water partition coefficient (Wildman–Crippen LogP) is 2.67. The number of nitriles is 2. The molecular weight excluding hydrogens is 572 g/mol. The molecule has 236 valence electrons. The highest BCUT2D eigenvalue weighted by atomic mass is 16.9. The number of hydrogen-bond acceptors (Lipinski definition) is 12. The van der Waals surface area contributed by atoms with Gasteiger partial charge in [-0.15, -0.1) is 0 Å². The summed E-state index contributed by atoms with van der Waals surface area (Å²) in [6.07, 6.45) is -7.50. The highest BCUT2D eigenvalue weighted by molar-refractivity contribution is 5.15. The smallest absolute Gasteiger partial charge is 0.190 e. The second-order valence-electron chi connectivity index (χ2n) is 11.8. The number of nitrogens with zero attached hydrogens (tertiary/aromatic N) is 2. The minimum absolute atomic E-state index is 0.344. The lowest BCUT2D eigenvalue weighted by Crippen LogP contribution is -2.42. The number of aliphatic hydroxyl groups is 2. The Kier molecular flexibility index (Phi) is 9.99. The molecule has 44 heavy (non-hydrogen) atoms. The van der Waals surface area contributed by atoms with Crippen LogP contribution in [0.3, 0.4) is 0 Å². The van der Waals surface area contributed by atoms with E-state index in [1.165, 1.54) is 0 Å². The van der Waals surface area contributed by atoms with Crippen LogP contribution < -0.4 is 0 Å². The fourth-order valence-electron chi connectivity index (χ4n) is 5.58. The van der Waals surface area contributed by atoms with Crippen LogP contribution in [0.1, 0.15) is 38.8 Å². The van der Waals surface area contributed by atoms with Gasteiger partial charge in [-0.2, -0.15) is 10.5 Å². The molecule has 4 heterocycles. The van der Waals surface area contributed by atoms with E-state index in [-0.39, 0.29) is 0 Å². The van der Waals surface area contributed by atoms with Crippen molar-refractivity contribution in [2.45, 2.75) is 114 Å². The van der Waals surface area contributed by atoms with Crippen molar-refractivity contribution >= 4 is 0 Å². The van der Waals surface area contributed by atoms with Crippen molar-refractivity contribution in [2.24, 2.45) is 0 Å². The van der Waals surface area contributed by atoms with Gasteiger partial charge < -0.3 is 48.1 Å². The summed E-state index contributed by atoms with van der Waals surface area (Å²) in [6.45, 7) is 7.85. The van der Waals surface area contributed by atoms with Gasteiger partial charge in [0.25, 0.3) is 0 Å². The summed E-state index contributed by atoms with van der Waals surface area (Å²) < 4.78 is 45.9. The van der Waals surface area contributed by atoms with Gasteiger partial charge in [0.15, 0.2) is 36.4 Å². The van der Waals surface area contributed by atoms with Gasteiger partial charge in [0.2, 0.25) is 0 Å². The van der Waals surface area contributed by atoms with Gasteiger partial charge in [0, 0.05) is 0 Å².